The van der Waals surface area contributed by atoms with Gasteiger partial charge in [-0.05, 0) is 48.5 Å². The highest BCUT2D eigenvalue weighted by Gasteiger charge is 2.06. The van der Waals surface area contributed by atoms with Crippen molar-refractivity contribution in [3.05, 3.63) is 109 Å². The highest BCUT2D eigenvalue weighted by molar-refractivity contribution is 5.91. The second-order valence-electron chi connectivity index (χ2n) is 6.26. The summed E-state index contributed by atoms with van der Waals surface area (Å²) >= 11 is 0. The van der Waals surface area contributed by atoms with Crippen LogP contribution < -0.4 is 0 Å². The van der Waals surface area contributed by atoms with Gasteiger partial charge in [0.05, 0.1) is 11.4 Å². The minimum atomic E-state index is -1.11. The van der Waals surface area contributed by atoms with E-state index in [9.17, 15) is 9.59 Å². The molecule has 4 rings (SSSR count). The van der Waals surface area contributed by atoms with Crippen LogP contribution in [0.2, 0.25) is 0 Å². The van der Waals surface area contributed by atoms with Crippen LogP contribution in [0.4, 0.5) is 11.4 Å². The summed E-state index contributed by atoms with van der Waals surface area (Å²) < 4.78 is 0. The summed E-state index contributed by atoms with van der Waals surface area (Å²) in [6.45, 7) is 0. The largest absolute Gasteiger partial charge is 0.507 e. The summed E-state index contributed by atoms with van der Waals surface area (Å²) in [4.78, 5) is 28.3. The zero-order valence-electron chi connectivity index (χ0n) is 17.6. The number of hydrogen-bond acceptors (Lipinski definition) is 8. The van der Waals surface area contributed by atoms with Crippen molar-refractivity contribution in [3.63, 3.8) is 0 Å². The number of carboxylic acid groups (broad SMARTS) is 2. The molecule has 0 saturated carbocycles. The van der Waals surface area contributed by atoms with Gasteiger partial charge in [0.25, 0.3) is 0 Å². The molecule has 10 heteroatoms. The van der Waals surface area contributed by atoms with E-state index in [0.717, 1.165) is 11.4 Å². The normalized spacial score (nSPS) is 9.76. The third kappa shape index (κ3) is 8.55. The molecule has 172 valence electrons. The Bertz CT molecular complexity index is 1140. The van der Waals surface area contributed by atoms with Crippen LogP contribution in [-0.2, 0) is 0 Å². The minimum absolute atomic E-state index is 0.0671. The third-order valence-corrected chi connectivity index (χ3v) is 3.88. The molecule has 0 aliphatic rings. The highest BCUT2D eigenvalue weighted by Crippen LogP contribution is 2.16. The maximum Gasteiger partial charge on any atom is 0.339 e. The third-order valence-electron chi connectivity index (χ3n) is 3.88. The van der Waals surface area contributed by atoms with Gasteiger partial charge in [-0.3, -0.25) is 9.97 Å². The maximum absolute atomic E-state index is 10.3. The summed E-state index contributed by atoms with van der Waals surface area (Å²) in [5.74, 6) is -2.62. The molecule has 0 aliphatic heterocycles. The van der Waals surface area contributed by atoms with E-state index in [1.54, 1.807) is 73.3 Å². The van der Waals surface area contributed by atoms with E-state index in [2.05, 4.69) is 20.2 Å². The van der Waals surface area contributed by atoms with Gasteiger partial charge in [-0.1, -0.05) is 24.3 Å². The molecule has 2 aromatic heterocycles. The number of benzene rings is 2. The number of carbonyl (C=O) groups is 2. The van der Waals surface area contributed by atoms with Crippen molar-refractivity contribution in [3.8, 4) is 11.5 Å². The van der Waals surface area contributed by atoms with Crippen molar-refractivity contribution in [2.75, 3.05) is 0 Å². The molecule has 0 radical (unpaired) electrons. The lowest BCUT2D eigenvalue weighted by atomic mass is 10.2. The molecule has 0 unspecified atom stereocenters. The Kier molecular flexibility index (Phi) is 9.85. The Hall–Kier alpha value is -5.12. The lowest BCUT2D eigenvalue weighted by molar-refractivity contribution is 0.0682. The number of aromatic nitrogens is 2. The van der Waals surface area contributed by atoms with Crippen LogP contribution in [0.25, 0.3) is 0 Å². The first-order valence-electron chi connectivity index (χ1n) is 9.63. The molecule has 0 bridgehead atoms. The van der Waals surface area contributed by atoms with Gasteiger partial charge in [0.1, 0.15) is 22.6 Å². The highest BCUT2D eigenvalue weighted by atomic mass is 16.4. The molecule has 2 aromatic carbocycles. The zero-order valence-corrected chi connectivity index (χ0v) is 17.6. The molecule has 0 fully saturated rings. The number of aromatic carboxylic acids is 2. The fourth-order valence-electron chi connectivity index (χ4n) is 2.25. The molecule has 0 amide bonds. The Labute approximate surface area is 194 Å². The number of nitrogens with zero attached hydrogens (tertiary/aromatic N) is 4. The first-order valence-corrected chi connectivity index (χ1v) is 9.63. The van der Waals surface area contributed by atoms with Crippen LogP contribution in [0.1, 0.15) is 20.7 Å². The number of carboxylic acids is 2. The molecule has 34 heavy (non-hydrogen) atoms. The van der Waals surface area contributed by atoms with Gasteiger partial charge in [0.2, 0.25) is 0 Å². The summed E-state index contributed by atoms with van der Waals surface area (Å²) in [5.41, 5.74) is 1.44. The van der Waals surface area contributed by atoms with E-state index in [4.69, 9.17) is 20.4 Å². The summed E-state index contributed by atoms with van der Waals surface area (Å²) in [6, 6.07) is 18.8. The van der Waals surface area contributed by atoms with E-state index >= 15 is 0 Å². The van der Waals surface area contributed by atoms with Crippen molar-refractivity contribution in [2.45, 2.75) is 0 Å². The number of azo groups is 1. The van der Waals surface area contributed by atoms with Crippen LogP contribution in [0.15, 0.2) is 108 Å². The molecule has 4 N–H and O–H groups in total. The minimum Gasteiger partial charge on any atom is -0.507 e. The average Bonchev–Trinajstić information content (AvgIpc) is 2.85. The number of hydrogen-bond donors (Lipinski definition) is 4. The van der Waals surface area contributed by atoms with Crippen LogP contribution in [0.5, 0.6) is 11.5 Å². The van der Waals surface area contributed by atoms with Gasteiger partial charge in [-0.15, -0.1) is 0 Å². The Morgan fingerprint density at radius 3 is 1.15 bits per heavy atom. The Morgan fingerprint density at radius 1 is 0.559 bits per heavy atom. The Balaban J connectivity index is 0.000000185. The number of aromatic hydroxyl groups is 2. The first kappa shape index (κ1) is 25.1. The number of para-hydroxylation sites is 2. The van der Waals surface area contributed by atoms with Gasteiger partial charge in [0.15, 0.2) is 0 Å². The van der Waals surface area contributed by atoms with Gasteiger partial charge in [-0.2, -0.15) is 10.2 Å². The number of rotatable bonds is 4. The van der Waals surface area contributed by atoms with Crippen LogP contribution >= 0.6 is 0 Å². The lowest BCUT2D eigenvalue weighted by Crippen LogP contribution is -1.95. The molecule has 4 aromatic rings. The zero-order chi connectivity index (χ0) is 24.8. The van der Waals surface area contributed by atoms with Crippen LogP contribution in [-0.4, -0.2) is 42.3 Å². The predicted molar refractivity (Wildman–Crippen MR) is 123 cm³/mol. The molecular weight excluding hydrogens is 440 g/mol. The standard InChI is InChI=1S/C10H8N4.2C7H6O3/c1-5-11-6-2-9(1)13-14-10-3-7-12-8-4-10;2*8-6-4-2-1-3-5(6)7(9)10/h1-8H;2*1-4,8H,(H,9,10). The van der Waals surface area contributed by atoms with Crippen LogP contribution in [0.3, 0.4) is 0 Å². The van der Waals surface area contributed by atoms with Gasteiger partial charge in [0, 0.05) is 24.8 Å². The fourth-order valence-corrected chi connectivity index (χ4v) is 2.25. The van der Waals surface area contributed by atoms with E-state index < -0.39 is 11.9 Å². The van der Waals surface area contributed by atoms with Crippen molar-refractivity contribution in [2.24, 2.45) is 10.2 Å². The van der Waals surface area contributed by atoms with Crippen molar-refractivity contribution < 1.29 is 30.0 Å². The second-order valence-corrected chi connectivity index (χ2v) is 6.26. The van der Waals surface area contributed by atoms with Crippen molar-refractivity contribution in [1.29, 1.82) is 0 Å². The molecule has 0 saturated heterocycles. The SMILES string of the molecule is O=C(O)c1ccccc1O.O=C(O)c1ccccc1O.c1cc(N=Nc2ccncc2)ccn1. The quantitative estimate of drug-likeness (QED) is 0.306. The van der Waals surface area contributed by atoms with Gasteiger partial charge < -0.3 is 20.4 Å². The van der Waals surface area contributed by atoms with E-state index in [1.807, 2.05) is 0 Å². The lowest BCUT2D eigenvalue weighted by Gasteiger charge is -1.95. The molecule has 10 nitrogen and oxygen atoms in total. The van der Waals surface area contributed by atoms with E-state index in [-0.39, 0.29) is 22.6 Å². The number of phenols is 2. The van der Waals surface area contributed by atoms with Gasteiger partial charge in [-0.25, -0.2) is 9.59 Å². The summed E-state index contributed by atoms with van der Waals surface area (Å²) in [5, 5.41) is 42.7. The molecule has 0 atom stereocenters. The smallest absolute Gasteiger partial charge is 0.339 e. The Morgan fingerprint density at radius 2 is 0.882 bits per heavy atom. The van der Waals surface area contributed by atoms with Crippen molar-refractivity contribution >= 4 is 23.3 Å². The molecule has 0 spiro atoms. The fraction of sp³-hybridized carbons (Fsp3) is 0. The topological polar surface area (TPSA) is 166 Å². The average molecular weight is 460 g/mol. The predicted octanol–water partition coefficient (Wildman–Crippen LogP) is 5.07. The van der Waals surface area contributed by atoms with Crippen molar-refractivity contribution in [1.82, 2.24) is 9.97 Å². The van der Waals surface area contributed by atoms with E-state index in [1.165, 1.54) is 24.3 Å². The summed E-state index contributed by atoms with van der Waals surface area (Å²) in [7, 11) is 0. The first-order chi connectivity index (χ1) is 16.4. The monoisotopic (exact) mass is 460 g/mol. The van der Waals surface area contributed by atoms with Gasteiger partial charge >= 0.3 is 11.9 Å². The van der Waals surface area contributed by atoms with E-state index in [0.29, 0.717) is 0 Å². The molecule has 0 aliphatic carbocycles. The van der Waals surface area contributed by atoms with Crippen LogP contribution in [0, 0.1) is 0 Å². The maximum atomic E-state index is 10.3. The number of pyridine rings is 2. The second kappa shape index (κ2) is 13.3. The molecular formula is C24H20N4O6. The summed E-state index contributed by atoms with van der Waals surface area (Å²) in [6.07, 6.45) is 6.73. The molecule has 2 heterocycles.